The van der Waals surface area contributed by atoms with Gasteiger partial charge in [-0.15, -0.1) is 6.58 Å². The van der Waals surface area contributed by atoms with Gasteiger partial charge in [-0.05, 0) is 12.2 Å². The summed E-state index contributed by atoms with van der Waals surface area (Å²) in [5, 5.41) is 10.0. The molecule has 0 saturated carbocycles. The molecule has 0 unspecified atom stereocenters. The molecule has 0 fully saturated rings. The van der Waals surface area contributed by atoms with Crippen LogP contribution in [0.3, 0.4) is 0 Å². The second-order valence-corrected chi connectivity index (χ2v) is 3.84. The number of hydrogen-bond acceptors (Lipinski definition) is 5. The highest BCUT2D eigenvalue weighted by molar-refractivity contribution is 7.71. The molecule has 2 heterocycles. The van der Waals surface area contributed by atoms with Crippen LogP contribution in [-0.4, -0.2) is 27.1 Å². The highest BCUT2D eigenvalue weighted by Gasteiger charge is 2.11. The van der Waals surface area contributed by atoms with Gasteiger partial charge in [0.15, 0.2) is 10.6 Å². The lowest BCUT2D eigenvalue weighted by atomic mass is 10.3. The van der Waals surface area contributed by atoms with E-state index >= 15 is 0 Å². The van der Waals surface area contributed by atoms with Gasteiger partial charge in [-0.3, -0.25) is 14.3 Å². The van der Waals surface area contributed by atoms with Crippen LogP contribution in [0.1, 0.15) is 5.56 Å². The third-order valence-electron chi connectivity index (χ3n) is 2.27. The lowest BCUT2D eigenvalue weighted by Crippen LogP contribution is -2.16. The molecule has 0 amide bonds. The standard InChI is InChI=1S/C11H10N4O2S/c1-2-5-15-10(17)7(9(16)14-11(15)18)6-8-12-3-4-13-8/h2-4,6,17H,1,5H2,(H,14,16,18). The molecule has 7 heteroatoms. The average molecular weight is 262 g/mol. The first-order chi connectivity index (χ1) is 8.63. The van der Waals surface area contributed by atoms with Gasteiger partial charge in [0.25, 0.3) is 5.56 Å². The van der Waals surface area contributed by atoms with Gasteiger partial charge in [0.2, 0.25) is 5.88 Å². The Bertz CT molecular complexity index is 680. The molecule has 0 radical (unpaired) electrons. The van der Waals surface area contributed by atoms with Crippen LogP contribution in [0, 0.1) is 4.77 Å². The summed E-state index contributed by atoms with van der Waals surface area (Å²) in [6.45, 7) is 3.86. The Morgan fingerprint density at radius 2 is 2.17 bits per heavy atom. The summed E-state index contributed by atoms with van der Waals surface area (Å²) in [6, 6.07) is 0. The molecule has 1 aromatic heterocycles. The Kier molecular flexibility index (Phi) is 3.33. The number of nitrogens with zero attached hydrogens (tertiary/aromatic N) is 3. The Labute approximate surface area is 107 Å². The maximum Gasteiger partial charge on any atom is 0.262 e. The van der Waals surface area contributed by atoms with Gasteiger partial charge in [0.05, 0.1) is 0 Å². The Hall–Kier alpha value is -2.28. The average Bonchev–Trinajstić information content (AvgIpc) is 2.83. The fourth-order valence-corrected chi connectivity index (χ4v) is 1.71. The number of hydrogen-bond donors (Lipinski definition) is 2. The first kappa shape index (κ1) is 12.2. The van der Waals surface area contributed by atoms with Crippen molar-refractivity contribution in [3.05, 3.63) is 39.2 Å². The van der Waals surface area contributed by atoms with E-state index in [9.17, 15) is 9.90 Å². The molecule has 2 rings (SSSR count). The fraction of sp³-hybridized carbons (Fsp3) is 0.0909. The number of nitrogens with one attached hydrogen (secondary N) is 1. The summed E-state index contributed by atoms with van der Waals surface area (Å²) in [5.41, 5.74) is -0.417. The topological polar surface area (TPSA) is 82.7 Å². The van der Waals surface area contributed by atoms with E-state index in [1.807, 2.05) is 0 Å². The zero-order valence-corrected chi connectivity index (χ0v) is 10.1. The van der Waals surface area contributed by atoms with Crippen LogP contribution in [0.5, 0.6) is 5.88 Å². The van der Waals surface area contributed by atoms with Crippen LogP contribution < -0.4 is 5.56 Å². The maximum absolute atomic E-state index is 11.7. The van der Waals surface area contributed by atoms with E-state index in [1.54, 1.807) is 6.08 Å². The minimum absolute atomic E-state index is 0.0663. The first-order valence-electron chi connectivity index (χ1n) is 5.09. The molecule has 6 nitrogen and oxygen atoms in total. The van der Waals surface area contributed by atoms with E-state index < -0.39 is 5.56 Å². The molecule has 2 N–H and O–H groups in total. The van der Waals surface area contributed by atoms with E-state index in [4.69, 9.17) is 12.2 Å². The molecule has 0 spiro atoms. The molecule has 0 aromatic carbocycles. The van der Waals surface area contributed by atoms with Crippen LogP contribution in [-0.2, 0) is 6.54 Å². The summed E-state index contributed by atoms with van der Waals surface area (Å²) in [5.74, 6) is 0.117. The van der Waals surface area contributed by atoms with Gasteiger partial charge in [0.1, 0.15) is 5.56 Å². The molecule has 0 atom stereocenters. The van der Waals surface area contributed by atoms with Gasteiger partial charge in [-0.25, -0.2) is 9.98 Å². The van der Waals surface area contributed by atoms with E-state index in [1.165, 1.54) is 23.1 Å². The third-order valence-corrected chi connectivity index (χ3v) is 2.59. The molecular weight excluding hydrogens is 252 g/mol. The molecule has 0 saturated heterocycles. The number of rotatable bonds is 3. The van der Waals surface area contributed by atoms with E-state index in [-0.39, 0.29) is 16.2 Å². The van der Waals surface area contributed by atoms with Crippen molar-refractivity contribution in [3.8, 4) is 5.88 Å². The summed E-state index contributed by atoms with van der Waals surface area (Å²) in [7, 11) is 0. The molecule has 18 heavy (non-hydrogen) atoms. The largest absolute Gasteiger partial charge is 0.494 e. The highest BCUT2D eigenvalue weighted by Crippen LogP contribution is 2.17. The minimum atomic E-state index is -0.484. The molecule has 1 aromatic rings. The Morgan fingerprint density at radius 1 is 1.50 bits per heavy atom. The van der Waals surface area contributed by atoms with E-state index in [2.05, 4.69) is 21.5 Å². The van der Waals surface area contributed by atoms with Crippen molar-refractivity contribution in [2.24, 2.45) is 9.98 Å². The highest BCUT2D eigenvalue weighted by atomic mass is 32.1. The molecule has 1 aliphatic rings. The van der Waals surface area contributed by atoms with Gasteiger partial charge >= 0.3 is 0 Å². The summed E-state index contributed by atoms with van der Waals surface area (Å²) in [4.78, 5) is 22.0. The minimum Gasteiger partial charge on any atom is -0.494 e. The number of aliphatic imine (C=N–C) groups is 2. The normalized spacial score (nSPS) is 13.0. The number of aromatic amines is 1. The van der Waals surface area contributed by atoms with Gasteiger partial charge in [-0.1, -0.05) is 6.08 Å². The lowest BCUT2D eigenvalue weighted by molar-refractivity contribution is 0.412. The predicted octanol–water partition coefficient (Wildman–Crippen LogP) is 1.25. The molecular formula is C11H10N4O2S. The molecule has 0 bridgehead atoms. The zero-order valence-electron chi connectivity index (χ0n) is 9.33. The molecule has 0 aliphatic carbocycles. The van der Waals surface area contributed by atoms with Crippen molar-refractivity contribution in [2.45, 2.75) is 6.54 Å². The van der Waals surface area contributed by atoms with Crippen molar-refractivity contribution >= 4 is 30.7 Å². The van der Waals surface area contributed by atoms with Crippen molar-refractivity contribution < 1.29 is 5.11 Å². The second-order valence-electron chi connectivity index (χ2n) is 3.45. The number of aromatic hydroxyl groups is 1. The zero-order chi connectivity index (χ0) is 13.1. The lowest BCUT2D eigenvalue weighted by Gasteiger charge is -2.08. The van der Waals surface area contributed by atoms with Gasteiger partial charge in [0, 0.05) is 25.0 Å². The Balaban J connectivity index is 2.64. The SMILES string of the molecule is C=CCn1c(O)c(C=C2N=CC=N2)c(=O)[nH]c1=S. The fourth-order valence-electron chi connectivity index (χ4n) is 1.46. The van der Waals surface area contributed by atoms with E-state index in [0.717, 1.165) is 0 Å². The van der Waals surface area contributed by atoms with Crippen LogP contribution in [0.2, 0.25) is 0 Å². The van der Waals surface area contributed by atoms with Gasteiger partial charge in [-0.2, -0.15) is 0 Å². The van der Waals surface area contributed by atoms with Crippen LogP contribution >= 0.6 is 12.2 Å². The van der Waals surface area contributed by atoms with Crippen LogP contribution in [0.4, 0.5) is 0 Å². The first-order valence-corrected chi connectivity index (χ1v) is 5.49. The van der Waals surface area contributed by atoms with Crippen LogP contribution in [0.25, 0.3) is 6.08 Å². The Morgan fingerprint density at radius 3 is 2.78 bits per heavy atom. The summed E-state index contributed by atoms with van der Waals surface area (Å²) >= 11 is 4.95. The number of aromatic nitrogens is 2. The van der Waals surface area contributed by atoms with Crippen molar-refractivity contribution in [1.82, 2.24) is 9.55 Å². The molecule has 1 aliphatic heterocycles. The van der Waals surface area contributed by atoms with Crippen molar-refractivity contribution in [2.75, 3.05) is 0 Å². The third kappa shape index (κ3) is 2.21. The van der Waals surface area contributed by atoms with Gasteiger partial charge < -0.3 is 5.11 Å². The maximum atomic E-state index is 11.7. The quantitative estimate of drug-likeness (QED) is 0.635. The van der Waals surface area contributed by atoms with Crippen molar-refractivity contribution in [3.63, 3.8) is 0 Å². The monoisotopic (exact) mass is 262 g/mol. The van der Waals surface area contributed by atoms with Crippen molar-refractivity contribution in [1.29, 1.82) is 0 Å². The second kappa shape index (κ2) is 4.92. The summed E-state index contributed by atoms with van der Waals surface area (Å²) in [6.07, 6.45) is 5.95. The molecule has 92 valence electrons. The van der Waals surface area contributed by atoms with Crippen LogP contribution in [0.15, 0.2) is 33.3 Å². The number of allylic oxidation sites excluding steroid dienone is 1. The predicted molar refractivity (Wildman–Crippen MR) is 72.7 cm³/mol. The van der Waals surface area contributed by atoms with E-state index in [0.29, 0.717) is 12.4 Å². The number of H-pyrrole nitrogens is 1. The summed E-state index contributed by atoms with van der Waals surface area (Å²) < 4.78 is 1.50. The smallest absolute Gasteiger partial charge is 0.262 e.